The number of anilines is 1. The maximum absolute atomic E-state index is 12.4. The molecule has 0 bridgehead atoms. The first kappa shape index (κ1) is 16.4. The lowest BCUT2D eigenvalue weighted by molar-refractivity contribution is 0.233. The highest BCUT2D eigenvalue weighted by molar-refractivity contribution is 6.33. The third-order valence-corrected chi connectivity index (χ3v) is 3.93. The van der Waals surface area contributed by atoms with Crippen LogP contribution in [0, 0.1) is 0 Å². The zero-order chi connectivity index (χ0) is 17.3. The number of nitrogens with zero attached hydrogens (tertiary/aromatic N) is 2. The van der Waals surface area contributed by atoms with Gasteiger partial charge < -0.3 is 15.4 Å². The summed E-state index contributed by atoms with van der Waals surface area (Å²) in [6.45, 7) is 3.57. The number of aromatic nitrogens is 3. The first-order valence-electron chi connectivity index (χ1n) is 7.44. The number of hydrogen-bond donors (Lipinski definition) is 3. The smallest absolute Gasteiger partial charge is 0.257 e. The van der Waals surface area contributed by atoms with Crippen molar-refractivity contribution in [3.8, 4) is 11.1 Å². The highest BCUT2D eigenvalue weighted by atomic mass is 35.5. The number of hydrogen-bond acceptors (Lipinski definition) is 5. The van der Waals surface area contributed by atoms with Crippen LogP contribution in [-0.2, 0) is 0 Å². The summed E-state index contributed by atoms with van der Waals surface area (Å²) in [5.74, 6) is 0.336. The van der Waals surface area contributed by atoms with Gasteiger partial charge in [0.2, 0.25) is 5.95 Å². The maximum Gasteiger partial charge on any atom is 0.257 e. The number of pyridine rings is 1. The lowest BCUT2D eigenvalue weighted by atomic mass is 10.1. The van der Waals surface area contributed by atoms with Gasteiger partial charge in [0.1, 0.15) is 5.65 Å². The number of benzene rings is 1. The van der Waals surface area contributed by atoms with Crippen molar-refractivity contribution in [2.45, 2.75) is 19.4 Å². The van der Waals surface area contributed by atoms with Crippen molar-refractivity contribution in [1.29, 1.82) is 0 Å². The molecule has 3 aromatic rings. The Bertz CT molecular complexity index is 953. The van der Waals surface area contributed by atoms with Crippen molar-refractivity contribution in [2.75, 3.05) is 11.9 Å². The Labute approximate surface area is 143 Å². The van der Waals surface area contributed by atoms with Crippen LogP contribution < -0.4 is 10.9 Å². The second kappa shape index (κ2) is 6.22. The molecule has 2 aromatic heterocycles. The van der Waals surface area contributed by atoms with E-state index in [1.165, 1.54) is 0 Å². The molecule has 7 heteroatoms. The van der Waals surface area contributed by atoms with Gasteiger partial charge in [-0.05, 0) is 26.0 Å². The zero-order valence-corrected chi connectivity index (χ0v) is 14.1. The van der Waals surface area contributed by atoms with Gasteiger partial charge in [-0.1, -0.05) is 29.8 Å². The Kier molecular flexibility index (Phi) is 4.26. The topological polar surface area (TPSA) is 90.9 Å². The van der Waals surface area contributed by atoms with Gasteiger partial charge in [-0.3, -0.25) is 4.79 Å². The molecule has 0 aliphatic heterocycles. The normalized spacial score (nSPS) is 11.7. The fraction of sp³-hybridized carbons (Fsp3) is 0.235. The minimum Gasteiger partial charge on any atom is -0.394 e. The van der Waals surface area contributed by atoms with Gasteiger partial charge in [-0.15, -0.1) is 0 Å². The number of halogens is 1. The predicted molar refractivity (Wildman–Crippen MR) is 95.4 cm³/mol. The van der Waals surface area contributed by atoms with E-state index in [4.69, 9.17) is 11.6 Å². The van der Waals surface area contributed by atoms with Gasteiger partial charge >= 0.3 is 0 Å². The molecule has 3 rings (SSSR count). The minimum atomic E-state index is -0.564. The van der Waals surface area contributed by atoms with Crippen LogP contribution in [0.3, 0.4) is 0 Å². The Morgan fingerprint density at radius 1 is 1.29 bits per heavy atom. The van der Waals surface area contributed by atoms with E-state index in [-0.39, 0.29) is 12.2 Å². The summed E-state index contributed by atoms with van der Waals surface area (Å²) in [6, 6.07) is 8.88. The summed E-state index contributed by atoms with van der Waals surface area (Å²) in [5.41, 5.74) is 0.702. The lowest BCUT2D eigenvalue weighted by Crippen LogP contribution is -2.35. The standard InChI is InChI=1S/C17H17ClN4O2/c1-17(2,9-23)22-16-19-8-10-7-12(15(24)20-14(10)21-16)11-5-3-4-6-13(11)18/h3-8,23H,9H2,1-2H3,(H2,19,20,21,22,24). The van der Waals surface area contributed by atoms with E-state index in [9.17, 15) is 9.90 Å². The summed E-state index contributed by atoms with van der Waals surface area (Å²) < 4.78 is 0. The fourth-order valence-corrected chi connectivity index (χ4v) is 2.51. The Hall–Kier alpha value is -2.44. The van der Waals surface area contributed by atoms with Crippen LogP contribution >= 0.6 is 11.6 Å². The van der Waals surface area contributed by atoms with E-state index >= 15 is 0 Å². The number of nitrogens with one attached hydrogen (secondary N) is 2. The van der Waals surface area contributed by atoms with Crippen LogP contribution in [0.25, 0.3) is 22.2 Å². The van der Waals surface area contributed by atoms with Crippen molar-refractivity contribution < 1.29 is 5.11 Å². The Morgan fingerprint density at radius 2 is 2.04 bits per heavy atom. The first-order chi connectivity index (χ1) is 11.4. The molecular weight excluding hydrogens is 328 g/mol. The van der Waals surface area contributed by atoms with E-state index in [2.05, 4.69) is 20.3 Å². The third-order valence-electron chi connectivity index (χ3n) is 3.60. The average molecular weight is 345 g/mol. The predicted octanol–water partition coefficient (Wildman–Crippen LogP) is 2.82. The van der Waals surface area contributed by atoms with Crippen LogP contribution in [0.5, 0.6) is 0 Å². The third kappa shape index (κ3) is 3.25. The van der Waals surface area contributed by atoms with Crippen molar-refractivity contribution in [3.05, 3.63) is 51.9 Å². The van der Waals surface area contributed by atoms with Crippen LogP contribution in [0.1, 0.15) is 13.8 Å². The van der Waals surface area contributed by atoms with Crippen molar-refractivity contribution in [3.63, 3.8) is 0 Å². The van der Waals surface area contributed by atoms with E-state index < -0.39 is 5.54 Å². The Balaban J connectivity index is 2.07. The minimum absolute atomic E-state index is 0.0731. The second-order valence-electron chi connectivity index (χ2n) is 6.16. The highest BCUT2D eigenvalue weighted by Crippen LogP contribution is 2.26. The molecule has 2 heterocycles. The van der Waals surface area contributed by atoms with Crippen LogP contribution in [0.15, 0.2) is 41.3 Å². The highest BCUT2D eigenvalue weighted by Gasteiger charge is 2.17. The molecule has 124 valence electrons. The monoisotopic (exact) mass is 344 g/mol. The summed E-state index contributed by atoms with van der Waals surface area (Å²) in [5, 5.41) is 13.5. The summed E-state index contributed by atoms with van der Waals surface area (Å²) >= 11 is 6.18. The molecule has 24 heavy (non-hydrogen) atoms. The van der Waals surface area contributed by atoms with Crippen molar-refractivity contribution in [2.24, 2.45) is 0 Å². The number of aromatic amines is 1. The largest absolute Gasteiger partial charge is 0.394 e. The van der Waals surface area contributed by atoms with E-state index in [1.807, 2.05) is 26.0 Å². The van der Waals surface area contributed by atoms with E-state index in [0.717, 1.165) is 0 Å². The first-order valence-corrected chi connectivity index (χ1v) is 7.81. The average Bonchev–Trinajstić information content (AvgIpc) is 2.54. The molecule has 0 unspecified atom stereocenters. The number of fused-ring (bicyclic) bond motifs is 1. The molecule has 1 aromatic carbocycles. The van der Waals surface area contributed by atoms with Gasteiger partial charge in [0.25, 0.3) is 5.56 Å². The van der Waals surface area contributed by atoms with Gasteiger partial charge in [0, 0.05) is 27.7 Å². The lowest BCUT2D eigenvalue weighted by Gasteiger charge is -2.23. The number of H-pyrrole nitrogens is 1. The van der Waals surface area contributed by atoms with Crippen LogP contribution in [0.2, 0.25) is 5.02 Å². The second-order valence-corrected chi connectivity index (χ2v) is 6.56. The summed E-state index contributed by atoms with van der Waals surface area (Å²) in [4.78, 5) is 23.7. The maximum atomic E-state index is 12.4. The van der Waals surface area contributed by atoms with E-state index in [0.29, 0.717) is 33.1 Å². The van der Waals surface area contributed by atoms with Gasteiger partial charge in [0.15, 0.2) is 0 Å². The molecule has 3 N–H and O–H groups in total. The van der Waals surface area contributed by atoms with Gasteiger partial charge in [0.05, 0.1) is 12.1 Å². The molecular formula is C17H17ClN4O2. The molecule has 0 fully saturated rings. The quantitative estimate of drug-likeness (QED) is 0.677. The molecule has 6 nitrogen and oxygen atoms in total. The number of rotatable bonds is 4. The van der Waals surface area contributed by atoms with Crippen LogP contribution in [-0.4, -0.2) is 32.2 Å². The van der Waals surface area contributed by atoms with Gasteiger partial charge in [-0.2, -0.15) is 4.98 Å². The molecule has 0 radical (unpaired) electrons. The molecule has 0 saturated heterocycles. The molecule has 0 saturated carbocycles. The SMILES string of the molecule is CC(C)(CO)Nc1ncc2cc(-c3ccccc3Cl)c(=O)[nH]c2n1. The molecule has 0 spiro atoms. The van der Waals surface area contributed by atoms with E-state index in [1.54, 1.807) is 24.4 Å². The zero-order valence-electron chi connectivity index (χ0n) is 13.3. The van der Waals surface area contributed by atoms with Crippen molar-refractivity contribution >= 4 is 28.6 Å². The van der Waals surface area contributed by atoms with Crippen LogP contribution in [0.4, 0.5) is 5.95 Å². The molecule has 0 aliphatic carbocycles. The summed E-state index contributed by atoms with van der Waals surface area (Å²) in [6.07, 6.45) is 1.62. The number of aliphatic hydroxyl groups is 1. The Morgan fingerprint density at radius 3 is 2.75 bits per heavy atom. The van der Waals surface area contributed by atoms with Gasteiger partial charge in [-0.25, -0.2) is 4.98 Å². The molecule has 0 aliphatic rings. The van der Waals surface area contributed by atoms with Crippen molar-refractivity contribution in [1.82, 2.24) is 15.0 Å². The fourth-order valence-electron chi connectivity index (χ4n) is 2.27. The summed E-state index contributed by atoms with van der Waals surface area (Å²) in [7, 11) is 0. The number of aliphatic hydroxyl groups excluding tert-OH is 1. The molecule has 0 atom stereocenters. The molecule has 0 amide bonds.